The molecule has 0 aliphatic rings. The minimum absolute atomic E-state index is 0.243. The molecule has 0 spiro atoms. The molecule has 0 saturated carbocycles. The Labute approximate surface area is 441 Å². The SMILES string of the molecule is CCCCC/C=C\C/C=C\CCCCCCCCC(CCCCCC/C=C\CCCCCCCC)C(C(=O)CCCCCCCCCCCCCCC)C(=O)CCCCCCCCCCCCCCC. The van der Waals surface area contributed by atoms with Crippen LogP contribution < -0.4 is 0 Å². The van der Waals surface area contributed by atoms with Crippen molar-refractivity contribution in [2.24, 2.45) is 11.8 Å². The third-order valence-electron chi connectivity index (χ3n) is 15.6. The van der Waals surface area contributed by atoms with Gasteiger partial charge in [0.05, 0.1) is 5.92 Å². The van der Waals surface area contributed by atoms with E-state index in [-0.39, 0.29) is 11.8 Å². The van der Waals surface area contributed by atoms with E-state index in [0.29, 0.717) is 24.4 Å². The van der Waals surface area contributed by atoms with E-state index >= 15 is 0 Å². The second-order valence-electron chi connectivity index (χ2n) is 22.5. The molecule has 0 fully saturated rings. The topological polar surface area (TPSA) is 34.1 Å². The smallest absolute Gasteiger partial charge is 0.143 e. The van der Waals surface area contributed by atoms with Gasteiger partial charge in [0.1, 0.15) is 11.6 Å². The molecule has 1 atom stereocenters. The Balaban J connectivity index is 5.26. The lowest BCUT2D eigenvalue weighted by Gasteiger charge is -2.26. The van der Waals surface area contributed by atoms with E-state index in [1.165, 1.54) is 289 Å². The first-order valence-corrected chi connectivity index (χ1v) is 32.6. The molecule has 0 aliphatic heterocycles. The summed E-state index contributed by atoms with van der Waals surface area (Å²) in [6, 6.07) is 0. The Kier molecular flexibility index (Phi) is 58.9. The summed E-state index contributed by atoms with van der Waals surface area (Å²) >= 11 is 0. The fourth-order valence-electron chi connectivity index (χ4n) is 10.8. The maximum absolute atomic E-state index is 14.3. The average molecular weight is 978 g/mol. The summed E-state index contributed by atoms with van der Waals surface area (Å²) in [5.41, 5.74) is 0. The highest BCUT2D eigenvalue weighted by molar-refractivity contribution is 6.02. The minimum atomic E-state index is -0.350. The van der Waals surface area contributed by atoms with Crippen LogP contribution in [0.1, 0.15) is 374 Å². The Hall–Kier alpha value is -1.44. The van der Waals surface area contributed by atoms with Crippen molar-refractivity contribution in [1.82, 2.24) is 0 Å². The molecule has 0 aromatic rings. The first kappa shape index (κ1) is 68.6. The Morgan fingerprint density at radius 1 is 0.257 bits per heavy atom. The van der Waals surface area contributed by atoms with Crippen molar-refractivity contribution in [2.75, 3.05) is 0 Å². The van der Waals surface area contributed by atoms with Crippen LogP contribution in [0.25, 0.3) is 0 Å². The van der Waals surface area contributed by atoms with Gasteiger partial charge in [0, 0.05) is 12.8 Å². The van der Waals surface area contributed by atoms with Crippen molar-refractivity contribution in [3.05, 3.63) is 36.5 Å². The Morgan fingerprint density at radius 3 is 0.771 bits per heavy atom. The molecule has 0 aromatic heterocycles. The van der Waals surface area contributed by atoms with Crippen LogP contribution in [0.3, 0.4) is 0 Å². The zero-order valence-corrected chi connectivity index (χ0v) is 48.6. The van der Waals surface area contributed by atoms with Crippen LogP contribution in [-0.2, 0) is 9.59 Å². The Morgan fingerprint density at radius 2 is 0.471 bits per heavy atom. The highest BCUT2D eigenvalue weighted by Gasteiger charge is 2.33. The number of rotatable bonds is 60. The van der Waals surface area contributed by atoms with Crippen molar-refractivity contribution >= 4 is 11.6 Å². The van der Waals surface area contributed by atoms with Gasteiger partial charge in [-0.1, -0.05) is 315 Å². The fourth-order valence-corrected chi connectivity index (χ4v) is 10.8. The van der Waals surface area contributed by atoms with Gasteiger partial charge in [-0.05, 0) is 89.4 Å². The lowest BCUT2D eigenvalue weighted by atomic mass is 9.76. The molecule has 0 aromatic carbocycles. The number of hydrogen-bond donors (Lipinski definition) is 0. The summed E-state index contributed by atoms with van der Waals surface area (Å²) in [6.45, 7) is 9.16. The third kappa shape index (κ3) is 51.5. The van der Waals surface area contributed by atoms with E-state index in [1.54, 1.807) is 0 Å². The molecule has 1 unspecified atom stereocenters. The summed E-state index contributed by atoms with van der Waals surface area (Å²) in [4.78, 5) is 28.7. The maximum Gasteiger partial charge on any atom is 0.143 e. The molecule has 2 heteroatoms. The van der Waals surface area contributed by atoms with Gasteiger partial charge in [0.15, 0.2) is 0 Å². The molecule has 0 rings (SSSR count). The number of hydrogen-bond acceptors (Lipinski definition) is 2. The van der Waals surface area contributed by atoms with Gasteiger partial charge >= 0.3 is 0 Å². The number of allylic oxidation sites excluding steroid dienone is 6. The lowest BCUT2D eigenvalue weighted by Crippen LogP contribution is -2.32. The van der Waals surface area contributed by atoms with E-state index in [4.69, 9.17) is 0 Å². The zero-order valence-electron chi connectivity index (χ0n) is 48.6. The van der Waals surface area contributed by atoms with E-state index in [2.05, 4.69) is 64.2 Å². The third-order valence-corrected chi connectivity index (χ3v) is 15.6. The summed E-state index contributed by atoms with van der Waals surface area (Å²) in [5, 5.41) is 0. The number of carbonyl (C=O) groups excluding carboxylic acids is 2. The molecular weight excluding hydrogens is 849 g/mol. The molecule has 0 heterocycles. The van der Waals surface area contributed by atoms with E-state index < -0.39 is 0 Å². The summed E-state index contributed by atoms with van der Waals surface area (Å²) in [6.07, 6.45) is 82.6. The second-order valence-corrected chi connectivity index (χ2v) is 22.5. The first-order chi connectivity index (χ1) is 34.6. The van der Waals surface area contributed by atoms with E-state index in [1.807, 2.05) is 0 Å². The van der Waals surface area contributed by atoms with Crippen molar-refractivity contribution in [1.29, 1.82) is 0 Å². The zero-order chi connectivity index (χ0) is 50.7. The fraction of sp³-hybridized carbons (Fsp3) is 0.882. The molecule has 0 N–H and O–H groups in total. The number of ketones is 2. The largest absolute Gasteiger partial charge is 0.299 e. The highest BCUT2D eigenvalue weighted by atomic mass is 16.1. The number of Topliss-reactive ketones (excluding diaryl/α,β-unsaturated/α-hetero) is 2. The Bertz CT molecular complexity index is 1070. The van der Waals surface area contributed by atoms with Gasteiger partial charge in [-0.25, -0.2) is 0 Å². The van der Waals surface area contributed by atoms with Crippen molar-refractivity contribution in [2.45, 2.75) is 374 Å². The molecule has 2 nitrogen and oxygen atoms in total. The molecule has 0 amide bonds. The normalized spacial score (nSPS) is 12.5. The van der Waals surface area contributed by atoms with Gasteiger partial charge in [-0.3, -0.25) is 9.59 Å². The lowest BCUT2D eigenvalue weighted by molar-refractivity contribution is -0.135. The van der Waals surface area contributed by atoms with Gasteiger partial charge < -0.3 is 0 Å². The van der Waals surface area contributed by atoms with Gasteiger partial charge in [-0.2, -0.15) is 0 Å². The predicted octanol–water partition coefficient (Wildman–Crippen LogP) is 24.2. The van der Waals surface area contributed by atoms with Gasteiger partial charge in [-0.15, -0.1) is 0 Å². The molecule has 70 heavy (non-hydrogen) atoms. The molecule has 0 aliphatic carbocycles. The highest BCUT2D eigenvalue weighted by Crippen LogP contribution is 2.31. The predicted molar refractivity (Wildman–Crippen MR) is 316 cm³/mol. The molecule has 412 valence electrons. The van der Waals surface area contributed by atoms with Gasteiger partial charge in [0.25, 0.3) is 0 Å². The standard InChI is InChI=1S/C68H128O2/c1-5-9-13-17-21-25-29-33-35-36-40-42-46-50-54-58-62-65(61-57-53-49-45-41-39-34-30-26-22-18-14-10-6-2)68(66(69)63-59-55-51-47-43-37-31-27-23-19-15-11-7-3)67(70)64-60-56-52-48-44-38-32-28-24-20-16-12-8-4/h21,25,33-35,39,65,68H,5-20,22-24,26-32,36-38,40-64H2,1-4H3/b25-21-,35-33-,39-34-. The van der Waals surface area contributed by atoms with Crippen LogP contribution >= 0.6 is 0 Å². The first-order valence-electron chi connectivity index (χ1n) is 32.6. The van der Waals surface area contributed by atoms with E-state index in [0.717, 1.165) is 44.9 Å². The van der Waals surface area contributed by atoms with Crippen LogP contribution in [0.5, 0.6) is 0 Å². The molecule has 0 radical (unpaired) electrons. The van der Waals surface area contributed by atoms with Crippen LogP contribution in [0, 0.1) is 11.8 Å². The monoisotopic (exact) mass is 977 g/mol. The van der Waals surface area contributed by atoms with Crippen LogP contribution in [0.4, 0.5) is 0 Å². The van der Waals surface area contributed by atoms with Gasteiger partial charge in [0.2, 0.25) is 0 Å². The van der Waals surface area contributed by atoms with Crippen molar-refractivity contribution in [3.63, 3.8) is 0 Å². The minimum Gasteiger partial charge on any atom is -0.299 e. The van der Waals surface area contributed by atoms with Crippen LogP contribution in [0.15, 0.2) is 36.5 Å². The second kappa shape index (κ2) is 60.1. The summed E-state index contributed by atoms with van der Waals surface area (Å²) in [5.74, 6) is 0.510. The quantitative estimate of drug-likeness (QED) is 0.0346. The van der Waals surface area contributed by atoms with Crippen LogP contribution in [-0.4, -0.2) is 11.6 Å². The maximum atomic E-state index is 14.3. The summed E-state index contributed by atoms with van der Waals surface area (Å²) in [7, 11) is 0. The molecular formula is C68H128O2. The summed E-state index contributed by atoms with van der Waals surface area (Å²) < 4.78 is 0. The molecule has 0 saturated heterocycles. The number of carbonyl (C=O) groups is 2. The van der Waals surface area contributed by atoms with E-state index in [9.17, 15) is 9.59 Å². The molecule has 0 bridgehead atoms. The number of unbranched alkanes of at least 4 members (excludes halogenated alkanes) is 43. The average Bonchev–Trinajstić information content (AvgIpc) is 3.36. The van der Waals surface area contributed by atoms with Crippen molar-refractivity contribution < 1.29 is 9.59 Å². The van der Waals surface area contributed by atoms with Crippen LogP contribution in [0.2, 0.25) is 0 Å². The van der Waals surface area contributed by atoms with Crippen molar-refractivity contribution in [3.8, 4) is 0 Å².